The van der Waals surface area contributed by atoms with Crippen molar-refractivity contribution in [2.45, 2.75) is 13.8 Å². The number of ketones is 1. The summed E-state index contributed by atoms with van der Waals surface area (Å²) in [6, 6.07) is 2.81. The van der Waals surface area contributed by atoms with Crippen LogP contribution in [0.2, 0.25) is 10.0 Å². The number of rotatable bonds is 3. The van der Waals surface area contributed by atoms with E-state index in [2.05, 4.69) is 0 Å². The first kappa shape index (κ1) is 13.0. The molecule has 0 atom stereocenters. The van der Waals surface area contributed by atoms with Gasteiger partial charge in [-0.15, -0.1) is 0 Å². The Morgan fingerprint density at radius 1 is 1.31 bits per heavy atom. The van der Waals surface area contributed by atoms with Crippen molar-refractivity contribution in [3.05, 3.63) is 33.3 Å². The monoisotopic (exact) mass is 260 g/mol. The summed E-state index contributed by atoms with van der Waals surface area (Å²) in [6.45, 7) is 3.23. The van der Waals surface area contributed by atoms with Crippen molar-refractivity contribution >= 4 is 35.0 Å². The molecule has 0 aliphatic heterocycles. The molecule has 1 aromatic carbocycles. The molecule has 0 fully saturated rings. The molecule has 0 heterocycles. The van der Waals surface area contributed by atoms with Crippen LogP contribution in [0.15, 0.2) is 12.1 Å². The van der Waals surface area contributed by atoms with Gasteiger partial charge in [0.2, 0.25) is 0 Å². The van der Waals surface area contributed by atoms with E-state index in [1.807, 2.05) is 0 Å². The highest BCUT2D eigenvalue weighted by molar-refractivity contribution is 6.37. The largest absolute Gasteiger partial charge is 0.462 e. The summed E-state index contributed by atoms with van der Waals surface area (Å²) in [4.78, 5) is 23.0. The smallest absolute Gasteiger partial charge is 0.340 e. The van der Waals surface area contributed by atoms with Crippen molar-refractivity contribution in [1.82, 2.24) is 0 Å². The van der Waals surface area contributed by atoms with E-state index in [1.54, 1.807) is 6.92 Å². The Kier molecular flexibility index (Phi) is 4.33. The SMILES string of the molecule is CCOC(=O)c1c(Cl)cc(Cl)cc1C(C)=O. The average molecular weight is 261 g/mol. The molecule has 0 saturated carbocycles. The number of ether oxygens (including phenoxy) is 1. The number of hydrogen-bond donors (Lipinski definition) is 0. The molecule has 16 heavy (non-hydrogen) atoms. The molecule has 0 aliphatic carbocycles. The van der Waals surface area contributed by atoms with Crippen LogP contribution in [-0.4, -0.2) is 18.4 Å². The van der Waals surface area contributed by atoms with Gasteiger partial charge < -0.3 is 4.74 Å². The number of benzene rings is 1. The summed E-state index contributed by atoms with van der Waals surface area (Å²) < 4.78 is 4.82. The van der Waals surface area contributed by atoms with Crippen LogP contribution in [0.1, 0.15) is 34.6 Å². The normalized spacial score (nSPS) is 10.0. The summed E-state index contributed by atoms with van der Waals surface area (Å²) in [5.74, 6) is -0.901. The highest BCUT2D eigenvalue weighted by atomic mass is 35.5. The molecule has 1 rings (SSSR count). The molecule has 5 heteroatoms. The number of esters is 1. The topological polar surface area (TPSA) is 43.4 Å². The van der Waals surface area contributed by atoms with Gasteiger partial charge >= 0.3 is 5.97 Å². The second kappa shape index (κ2) is 5.32. The molecule has 0 radical (unpaired) electrons. The van der Waals surface area contributed by atoms with Gasteiger partial charge in [-0.2, -0.15) is 0 Å². The Hall–Kier alpha value is -1.06. The minimum atomic E-state index is -0.616. The minimum absolute atomic E-state index is 0.0698. The van der Waals surface area contributed by atoms with Gasteiger partial charge in [0.1, 0.15) is 0 Å². The first-order valence-electron chi connectivity index (χ1n) is 4.64. The number of Topliss-reactive ketones (excluding diaryl/α,β-unsaturated/α-hetero) is 1. The number of halogens is 2. The van der Waals surface area contributed by atoms with Crippen LogP contribution in [0, 0.1) is 0 Å². The summed E-state index contributed by atoms with van der Waals surface area (Å²) in [5.41, 5.74) is 0.247. The fourth-order valence-corrected chi connectivity index (χ4v) is 1.83. The molecular weight excluding hydrogens is 251 g/mol. The van der Waals surface area contributed by atoms with Crippen LogP contribution >= 0.6 is 23.2 Å². The van der Waals surface area contributed by atoms with E-state index in [-0.39, 0.29) is 28.5 Å². The molecule has 0 saturated heterocycles. The zero-order chi connectivity index (χ0) is 12.3. The quantitative estimate of drug-likeness (QED) is 0.618. The van der Waals surface area contributed by atoms with Gasteiger partial charge in [0.15, 0.2) is 5.78 Å². The highest BCUT2D eigenvalue weighted by Crippen LogP contribution is 2.26. The fourth-order valence-electron chi connectivity index (χ4n) is 1.26. The molecule has 0 aromatic heterocycles. The molecule has 0 unspecified atom stereocenters. The highest BCUT2D eigenvalue weighted by Gasteiger charge is 2.20. The molecule has 3 nitrogen and oxygen atoms in total. The molecule has 0 bridgehead atoms. The number of carbonyl (C=O) groups is 2. The van der Waals surface area contributed by atoms with Crippen molar-refractivity contribution in [3.63, 3.8) is 0 Å². The Morgan fingerprint density at radius 2 is 1.94 bits per heavy atom. The first-order chi connectivity index (χ1) is 7.47. The van der Waals surface area contributed by atoms with E-state index in [1.165, 1.54) is 19.1 Å². The predicted molar refractivity (Wildman–Crippen MR) is 62.4 cm³/mol. The van der Waals surface area contributed by atoms with Gasteiger partial charge in [-0.25, -0.2) is 4.79 Å². The second-order valence-electron chi connectivity index (χ2n) is 3.09. The van der Waals surface area contributed by atoms with Gasteiger partial charge in [-0.1, -0.05) is 23.2 Å². The van der Waals surface area contributed by atoms with Crippen molar-refractivity contribution in [1.29, 1.82) is 0 Å². The van der Waals surface area contributed by atoms with Gasteiger partial charge in [0.05, 0.1) is 17.2 Å². The zero-order valence-corrected chi connectivity index (χ0v) is 10.4. The summed E-state index contributed by atoms with van der Waals surface area (Å²) in [7, 11) is 0. The summed E-state index contributed by atoms with van der Waals surface area (Å²) in [5, 5.41) is 0.430. The molecular formula is C11H10Cl2O3. The summed E-state index contributed by atoms with van der Waals surface area (Å²) in [6.07, 6.45) is 0. The van der Waals surface area contributed by atoms with E-state index in [4.69, 9.17) is 27.9 Å². The zero-order valence-electron chi connectivity index (χ0n) is 8.84. The van der Waals surface area contributed by atoms with Gasteiger partial charge in [-0.05, 0) is 26.0 Å². The van der Waals surface area contributed by atoms with Crippen LogP contribution in [0.4, 0.5) is 0 Å². The third kappa shape index (κ3) is 2.74. The lowest BCUT2D eigenvalue weighted by molar-refractivity contribution is 0.0523. The van der Waals surface area contributed by atoms with E-state index in [9.17, 15) is 9.59 Å². The van der Waals surface area contributed by atoms with Crippen LogP contribution in [0.3, 0.4) is 0 Å². The van der Waals surface area contributed by atoms with Crippen molar-refractivity contribution in [3.8, 4) is 0 Å². The summed E-state index contributed by atoms with van der Waals surface area (Å²) >= 11 is 11.6. The fraction of sp³-hybridized carbons (Fsp3) is 0.273. The van der Waals surface area contributed by atoms with E-state index >= 15 is 0 Å². The second-order valence-corrected chi connectivity index (χ2v) is 3.93. The van der Waals surface area contributed by atoms with Crippen LogP contribution in [-0.2, 0) is 4.74 Å². The van der Waals surface area contributed by atoms with Gasteiger partial charge in [0.25, 0.3) is 0 Å². The lowest BCUT2D eigenvalue weighted by atomic mass is 10.0. The molecule has 1 aromatic rings. The Morgan fingerprint density at radius 3 is 2.44 bits per heavy atom. The van der Waals surface area contributed by atoms with E-state index in [0.717, 1.165) is 0 Å². The van der Waals surface area contributed by atoms with E-state index < -0.39 is 5.97 Å². The minimum Gasteiger partial charge on any atom is -0.462 e. The maximum Gasteiger partial charge on any atom is 0.340 e. The maximum atomic E-state index is 11.6. The van der Waals surface area contributed by atoms with Gasteiger partial charge in [0, 0.05) is 10.6 Å². The Bertz CT molecular complexity index is 441. The molecule has 86 valence electrons. The number of carbonyl (C=O) groups excluding carboxylic acids is 2. The Labute approximate surface area is 103 Å². The van der Waals surface area contributed by atoms with Crippen molar-refractivity contribution in [2.24, 2.45) is 0 Å². The van der Waals surface area contributed by atoms with Crippen molar-refractivity contribution in [2.75, 3.05) is 6.61 Å². The third-order valence-corrected chi connectivity index (χ3v) is 2.43. The molecule has 0 N–H and O–H groups in total. The predicted octanol–water partition coefficient (Wildman–Crippen LogP) is 3.37. The lowest BCUT2D eigenvalue weighted by Crippen LogP contribution is -2.11. The van der Waals surface area contributed by atoms with Crippen LogP contribution in [0.25, 0.3) is 0 Å². The molecule has 0 spiro atoms. The van der Waals surface area contributed by atoms with Crippen LogP contribution in [0.5, 0.6) is 0 Å². The average Bonchev–Trinajstić information content (AvgIpc) is 2.16. The third-order valence-electron chi connectivity index (χ3n) is 1.91. The first-order valence-corrected chi connectivity index (χ1v) is 5.40. The standard InChI is InChI=1S/C11H10Cl2O3/c1-3-16-11(15)10-8(6(2)14)4-7(12)5-9(10)13/h4-5H,3H2,1-2H3. The van der Waals surface area contributed by atoms with Crippen molar-refractivity contribution < 1.29 is 14.3 Å². The number of hydrogen-bond acceptors (Lipinski definition) is 3. The van der Waals surface area contributed by atoms with E-state index in [0.29, 0.717) is 5.02 Å². The Balaban J connectivity index is 3.35. The maximum absolute atomic E-state index is 11.6. The lowest BCUT2D eigenvalue weighted by Gasteiger charge is -2.08. The van der Waals surface area contributed by atoms with Gasteiger partial charge in [-0.3, -0.25) is 4.79 Å². The molecule has 0 aliphatic rings. The van der Waals surface area contributed by atoms with Crippen LogP contribution < -0.4 is 0 Å². The molecule has 0 amide bonds.